The van der Waals surface area contributed by atoms with E-state index >= 15 is 0 Å². The number of rotatable bonds is 6. The van der Waals surface area contributed by atoms with E-state index in [1.165, 1.54) is 0 Å². The number of halogens is 3. The fourth-order valence-electron chi connectivity index (χ4n) is 3.10. The molecule has 158 valence electrons. The third kappa shape index (κ3) is 5.05. The number of aliphatic hydroxyl groups is 1. The minimum absolute atomic E-state index is 0. The highest BCUT2D eigenvalue weighted by molar-refractivity contribution is 5.85. The largest absolute Gasteiger partial charge is 0.471 e. The van der Waals surface area contributed by atoms with Crippen LogP contribution in [0.25, 0.3) is 16.9 Å². The Labute approximate surface area is 179 Å². The average molecular weight is 445 g/mol. The number of pyridine rings is 1. The van der Waals surface area contributed by atoms with Gasteiger partial charge >= 0.3 is 0 Å². The molecule has 0 aromatic carbocycles. The molecule has 0 amide bonds. The van der Waals surface area contributed by atoms with Crippen molar-refractivity contribution in [2.45, 2.75) is 18.9 Å². The van der Waals surface area contributed by atoms with Gasteiger partial charge in [0.1, 0.15) is 6.10 Å². The van der Waals surface area contributed by atoms with Gasteiger partial charge < -0.3 is 20.5 Å². The molecule has 1 atom stereocenters. The van der Waals surface area contributed by atoms with Crippen molar-refractivity contribution in [2.24, 2.45) is 0 Å². The van der Waals surface area contributed by atoms with Crippen LogP contribution in [0, 0.1) is 5.82 Å². The van der Waals surface area contributed by atoms with Gasteiger partial charge in [0.15, 0.2) is 11.6 Å². The first-order chi connectivity index (χ1) is 13.3. The van der Waals surface area contributed by atoms with Crippen LogP contribution in [0.4, 0.5) is 10.2 Å². The number of hydrogen-bond donors (Lipinski definition) is 3. The summed E-state index contributed by atoms with van der Waals surface area (Å²) in [6, 6.07) is 5.65. The van der Waals surface area contributed by atoms with Crippen LogP contribution in [0.15, 0.2) is 30.6 Å². The summed E-state index contributed by atoms with van der Waals surface area (Å²) in [5, 5.41) is 19.4. The fraction of sp³-hybridized carbons (Fsp3) is 0.389. The maximum absolute atomic E-state index is 14.9. The number of nitrogens with zero attached hydrogens (tertiary/aromatic N) is 4. The number of fused-ring (bicyclic) bond motifs is 1. The fourth-order valence-corrected chi connectivity index (χ4v) is 3.10. The van der Waals surface area contributed by atoms with Crippen LogP contribution in [0.2, 0.25) is 0 Å². The van der Waals surface area contributed by atoms with E-state index in [4.69, 9.17) is 9.84 Å². The van der Waals surface area contributed by atoms with Gasteiger partial charge in [0.2, 0.25) is 5.82 Å². The lowest BCUT2D eigenvalue weighted by Gasteiger charge is -2.24. The summed E-state index contributed by atoms with van der Waals surface area (Å²) in [4.78, 5) is 8.63. The van der Waals surface area contributed by atoms with E-state index < -0.39 is 5.82 Å². The van der Waals surface area contributed by atoms with Crippen LogP contribution in [0.5, 0.6) is 5.88 Å². The van der Waals surface area contributed by atoms with Crippen LogP contribution in [-0.4, -0.2) is 57.0 Å². The molecule has 0 spiro atoms. The first-order valence-corrected chi connectivity index (χ1v) is 8.98. The molecule has 3 N–H and O–H groups in total. The molecule has 0 bridgehead atoms. The highest BCUT2D eigenvalue weighted by Gasteiger charge is 2.22. The van der Waals surface area contributed by atoms with Gasteiger partial charge in [-0.05, 0) is 31.5 Å². The molecule has 8 nitrogen and oxygen atoms in total. The smallest absolute Gasteiger partial charge is 0.256 e. The first kappa shape index (κ1) is 23.1. The first-order valence-electron chi connectivity index (χ1n) is 8.98. The second kappa shape index (κ2) is 10.5. The average Bonchev–Trinajstić information content (AvgIpc) is 3.13. The van der Waals surface area contributed by atoms with Crippen LogP contribution in [0.1, 0.15) is 12.8 Å². The van der Waals surface area contributed by atoms with E-state index in [0.29, 0.717) is 17.9 Å². The summed E-state index contributed by atoms with van der Waals surface area (Å²) in [7, 11) is 0. The van der Waals surface area contributed by atoms with Gasteiger partial charge in [0.25, 0.3) is 5.88 Å². The maximum atomic E-state index is 14.9. The van der Waals surface area contributed by atoms with E-state index in [9.17, 15) is 4.39 Å². The van der Waals surface area contributed by atoms with Gasteiger partial charge in [0.05, 0.1) is 23.9 Å². The zero-order valence-electron chi connectivity index (χ0n) is 15.5. The minimum Gasteiger partial charge on any atom is -0.471 e. The Morgan fingerprint density at radius 3 is 2.93 bits per heavy atom. The summed E-state index contributed by atoms with van der Waals surface area (Å²) in [5.74, 6) is -0.432. The highest BCUT2D eigenvalue weighted by Crippen LogP contribution is 2.29. The standard InChI is InChI=1S/C18H21FN6O2.2ClH/c19-15-17(21-7-9-26)23-16(13-11-22-25-8-2-1-5-14(13)25)24-18(15)27-12-4-3-6-20-10-12;;/h1-2,5,8,11-12,20,26H,3-4,6-7,9-10H2,(H,21,23,24);2*1H/t12-;;/m1../s1. The Morgan fingerprint density at radius 2 is 2.17 bits per heavy atom. The van der Waals surface area contributed by atoms with Gasteiger partial charge in [-0.2, -0.15) is 14.5 Å². The number of hydrogen-bond acceptors (Lipinski definition) is 7. The normalized spacial score (nSPS) is 16.0. The Hall–Kier alpha value is -2.20. The zero-order valence-corrected chi connectivity index (χ0v) is 17.2. The number of ether oxygens (including phenoxy) is 1. The van der Waals surface area contributed by atoms with Crippen molar-refractivity contribution < 1.29 is 14.2 Å². The SMILES string of the molecule is Cl.Cl.OCCNc1nc(-c2cnn3ccccc23)nc(O[C@@H]2CCCNC2)c1F. The summed E-state index contributed by atoms with van der Waals surface area (Å²) in [5.41, 5.74) is 1.48. The number of anilines is 1. The van der Waals surface area contributed by atoms with Crippen LogP contribution < -0.4 is 15.4 Å². The Kier molecular flexibility index (Phi) is 8.39. The van der Waals surface area contributed by atoms with E-state index in [2.05, 4.69) is 25.7 Å². The van der Waals surface area contributed by atoms with Gasteiger partial charge in [-0.15, -0.1) is 24.8 Å². The molecule has 11 heteroatoms. The lowest BCUT2D eigenvalue weighted by atomic mass is 10.1. The topological polar surface area (TPSA) is 96.6 Å². The molecule has 1 saturated heterocycles. The predicted molar refractivity (Wildman–Crippen MR) is 113 cm³/mol. The molecule has 3 aromatic heterocycles. The molecular formula is C18H23Cl2FN6O2. The molecule has 0 radical (unpaired) electrons. The quantitative estimate of drug-likeness (QED) is 0.536. The number of aromatic nitrogens is 4. The second-order valence-electron chi connectivity index (χ2n) is 6.34. The van der Waals surface area contributed by atoms with Crippen molar-refractivity contribution in [3.8, 4) is 17.3 Å². The third-order valence-corrected chi connectivity index (χ3v) is 4.42. The van der Waals surface area contributed by atoms with Crippen molar-refractivity contribution in [2.75, 3.05) is 31.6 Å². The molecular weight excluding hydrogens is 422 g/mol. The molecule has 1 fully saturated rings. The monoisotopic (exact) mass is 444 g/mol. The lowest BCUT2D eigenvalue weighted by Crippen LogP contribution is -2.37. The Bertz CT molecular complexity index is 936. The number of piperidine rings is 1. The number of aliphatic hydroxyl groups excluding tert-OH is 1. The summed E-state index contributed by atoms with van der Waals surface area (Å²) in [6.07, 6.45) is 5.11. The lowest BCUT2D eigenvalue weighted by molar-refractivity contribution is 0.153. The van der Waals surface area contributed by atoms with E-state index in [-0.39, 0.29) is 55.8 Å². The van der Waals surface area contributed by atoms with Crippen LogP contribution >= 0.6 is 24.8 Å². The van der Waals surface area contributed by atoms with Crippen molar-refractivity contribution in [3.05, 3.63) is 36.4 Å². The highest BCUT2D eigenvalue weighted by atomic mass is 35.5. The van der Waals surface area contributed by atoms with E-state index in [1.807, 2.05) is 24.4 Å². The molecule has 0 aliphatic carbocycles. The van der Waals surface area contributed by atoms with Crippen LogP contribution in [-0.2, 0) is 0 Å². The third-order valence-electron chi connectivity index (χ3n) is 4.42. The van der Waals surface area contributed by atoms with Crippen LogP contribution in [0.3, 0.4) is 0 Å². The van der Waals surface area contributed by atoms with Crippen molar-refractivity contribution in [1.29, 1.82) is 0 Å². The Morgan fingerprint density at radius 1 is 1.31 bits per heavy atom. The van der Waals surface area contributed by atoms with Gasteiger partial charge in [-0.1, -0.05) is 6.07 Å². The Balaban J connectivity index is 0.00000150. The predicted octanol–water partition coefficient (Wildman–Crippen LogP) is 2.31. The molecule has 1 aliphatic heterocycles. The molecule has 0 unspecified atom stereocenters. The number of nitrogens with one attached hydrogen (secondary N) is 2. The van der Waals surface area contributed by atoms with E-state index in [0.717, 1.165) is 24.9 Å². The molecule has 29 heavy (non-hydrogen) atoms. The summed E-state index contributed by atoms with van der Waals surface area (Å²) >= 11 is 0. The van der Waals surface area contributed by atoms with Crippen molar-refractivity contribution in [1.82, 2.24) is 24.9 Å². The second-order valence-corrected chi connectivity index (χ2v) is 6.34. The van der Waals surface area contributed by atoms with Crippen molar-refractivity contribution >= 4 is 36.1 Å². The van der Waals surface area contributed by atoms with E-state index in [1.54, 1.807) is 10.7 Å². The van der Waals surface area contributed by atoms with Gasteiger partial charge in [-0.3, -0.25) is 0 Å². The van der Waals surface area contributed by atoms with Crippen molar-refractivity contribution in [3.63, 3.8) is 0 Å². The molecule has 0 saturated carbocycles. The summed E-state index contributed by atoms with van der Waals surface area (Å²) in [6.45, 7) is 1.61. The molecule has 1 aliphatic rings. The molecule has 4 rings (SSSR count). The maximum Gasteiger partial charge on any atom is 0.256 e. The molecule has 4 heterocycles. The molecule has 3 aromatic rings. The van der Waals surface area contributed by atoms with Gasteiger partial charge in [-0.25, -0.2) is 9.50 Å². The zero-order chi connectivity index (χ0) is 18.6. The van der Waals surface area contributed by atoms with Gasteiger partial charge in [0, 0.05) is 19.3 Å². The summed E-state index contributed by atoms with van der Waals surface area (Å²) < 4.78 is 22.4. The minimum atomic E-state index is -0.658.